The first-order valence-electron chi connectivity index (χ1n) is 6.19. The van der Waals surface area contributed by atoms with Crippen LogP contribution in [-0.2, 0) is 9.53 Å². The maximum atomic E-state index is 12.0. The zero-order valence-corrected chi connectivity index (χ0v) is 10.2. The molecule has 4 nitrogen and oxygen atoms in total. The van der Waals surface area contributed by atoms with E-state index in [2.05, 4.69) is 0 Å². The fraction of sp³-hybridized carbons (Fsp3) is 0.917. The summed E-state index contributed by atoms with van der Waals surface area (Å²) in [6.45, 7) is 1.17. The van der Waals surface area contributed by atoms with Gasteiger partial charge in [0.05, 0.1) is 6.61 Å². The largest absolute Gasteiger partial charge is 0.395 e. The zero-order valence-electron chi connectivity index (χ0n) is 10.2. The minimum atomic E-state index is 0.0620. The van der Waals surface area contributed by atoms with Gasteiger partial charge in [-0.3, -0.25) is 4.79 Å². The van der Waals surface area contributed by atoms with Gasteiger partial charge in [-0.25, -0.2) is 0 Å². The van der Waals surface area contributed by atoms with Crippen LogP contribution in [0.15, 0.2) is 0 Å². The molecular formula is C12H23NO3. The number of hydrogen-bond acceptors (Lipinski definition) is 3. The Labute approximate surface area is 97.6 Å². The van der Waals surface area contributed by atoms with Crippen molar-refractivity contribution in [3.63, 3.8) is 0 Å². The van der Waals surface area contributed by atoms with E-state index in [0.29, 0.717) is 25.6 Å². The SMILES string of the molecule is COCCCC(=O)N(CCO)C1CCCC1. The number of methoxy groups -OCH3 is 1. The van der Waals surface area contributed by atoms with Crippen LogP contribution in [0.2, 0.25) is 0 Å². The number of rotatable bonds is 7. The molecular weight excluding hydrogens is 206 g/mol. The lowest BCUT2D eigenvalue weighted by molar-refractivity contribution is -0.134. The second kappa shape index (κ2) is 7.63. The van der Waals surface area contributed by atoms with E-state index in [9.17, 15) is 4.79 Å². The number of carbonyl (C=O) groups is 1. The molecule has 0 heterocycles. The Bertz CT molecular complexity index is 202. The average molecular weight is 229 g/mol. The van der Waals surface area contributed by atoms with Gasteiger partial charge in [0.25, 0.3) is 0 Å². The van der Waals surface area contributed by atoms with Gasteiger partial charge in [-0.2, -0.15) is 0 Å². The van der Waals surface area contributed by atoms with Gasteiger partial charge >= 0.3 is 0 Å². The van der Waals surface area contributed by atoms with Crippen LogP contribution in [0.1, 0.15) is 38.5 Å². The minimum Gasteiger partial charge on any atom is -0.395 e. The molecule has 94 valence electrons. The molecule has 0 unspecified atom stereocenters. The second-order valence-electron chi connectivity index (χ2n) is 4.35. The minimum absolute atomic E-state index is 0.0620. The Hall–Kier alpha value is -0.610. The highest BCUT2D eigenvalue weighted by molar-refractivity contribution is 5.76. The van der Waals surface area contributed by atoms with Gasteiger partial charge in [0, 0.05) is 32.7 Å². The summed E-state index contributed by atoms with van der Waals surface area (Å²) >= 11 is 0. The zero-order chi connectivity index (χ0) is 11.8. The summed E-state index contributed by atoms with van der Waals surface area (Å²) in [6, 6.07) is 0.363. The Morgan fingerprint density at radius 1 is 1.44 bits per heavy atom. The van der Waals surface area contributed by atoms with Crippen molar-refractivity contribution in [3.05, 3.63) is 0 Å². The predicted molar refractivity (Wildman–Crippen MR) is 62.2 cm³/mol. The summed E-state index contributed by atoms with van der Waals surface area (Å²) in [5, 5.41) is 9.00. The summed E-state index contributed by atoms with van der Waals surface area (Å²) < 4.78 is 4.94. The molecule has 0 spiro atoms. The summed E-state index contributed by atoms with van der Waals surface area (Å²) in [5.41, 5.74) is 0. The number of carbonyl (C=O) groups excluding carboxylic acids is 1. The molecule has 1 aliphatic carbocycles. The van der Waals surface area contributed by atoms with Gasteiger partial charge in [-0.05, 0) is 19.3 Å². The Morgan fingerprint density at radius 2 is 2.12 bits per heavy atom. The molecule has 1 fully saturated rings. The molecule has 0 aromatic heterocycles. The van der Waals surface area contributed by atoms with Gasteiger partial charge < -0.3 is 14.7 Å². The summed E-state index contributed by atoms with van der Waals surface area (Å²) in [6.07, 6.45) is 5.90. The van der Waals surface area contributed by atoms with Crippen molar-refractivity contribution < 1.29 is 14.6 Å². The van der Waals surface area contributed by atoms with Gasteiger partial charge in [-0.1, -0.05) is 12.8 Å². The second-order valence-corrected chi connectivity index (χ2v) is 4.35. The highest BCUT2D eigenvalue weighted by Gasteiger charge is 2.25. The van der Waals surface area contributed by atoms with E-state index in [1.807, 2.05) is 4.90 Å². The molecule has 16 heavy (non-hydrogen) atoms. The lowest BCUT2D eigenvalue weighted by atomic mass is 10.2. The van der Waals surface area contributed by atoms with Crippen LogP contribution >= 0.6 is 0 Å². The molecule has 0 radical (unpaired) electrons. The predicted octanol–water partition coefficient (Wildman–Crippen LogP) is 1.18. The Balaban J connectivity index is 2.38. The van der Waals surface area contributed by atoms with E-state index < -0.39 is 0 Å². The van der Waals surface area contributed by atoms with E-state index in [4.69, 9.17) is 9.84 Å². The van der Waals surface area contributed by atoms with Crippen LogP contribution in [0.25, 0.3) is 0 Å². The lowest BCUT2D eigenvalue weighted by Gasteiger charge is -2.28. The number of hydrogen-bond donors (Lipinski definition) is 1. The highest BCUT2D eigenvalue weighted by Crippen LogP contribution is 2.23. The molecule has 1 amide bonds. The maximum Gasteiger partial charge on any atom is 0.222 e. The molecule has 0 aliphatic heterocycles. The van der Waals surface area contributed by atoms with E-state index in [0.717, 1.165) is 19.3 Å². The molecule has 0 bridgehead atoms. The summed E-state index contributed by atoms with van der Waals surface area (Å²) in [7, 11) is 1.65. The number of ether oxygens (including phenoxy) is 1. The van der Waals surface area contributed by atoms with Gasteiger partial charge in [0.1, 0.15) is 0 Å². The van der Waals surface area contributed by atoms with Gasteiger partial charge in [0.2, 0.25) is 5.91 Å². The molecule has 0 aromatic carbocycles. The number of amides is 1. The monoisotopic (exact) mass is 229 g/mol. The fourth-order valence-electron chi connectivity index (χ4n) is 2.35. The van der Waals surface area contributed by atoms with Crippen molar-refractivity contribution in [3.8, 4) is 0 Å². The molecule has 0 saturated heterocycles. The molecule has 1 N–H and O–H groups in total. The third-order valence-electron chi connectivity index (χ3n) is 3.17. The fourth-order valence-corrected chi connectivity index (χ4v) is 2.35. The molecule has 1 rings (SSSR count). The van der Waals surface area contributed by atoms with E-state index in [1.165, 1.54) is 12.8 Å². The normalized spacial score (nSPS) is 16.6. The molecule has 1 aliphatic rings. The average Bonchev–Trinajstić information content (AvgIpc) is 2.79. The van der Waals surface area contributed by atoms with E-state index in [1.54, 1.807) is 7.11 Å². The van der Waals surface area contributed by atoms with Crippen molar-refractivity contribution in [1.29, 1.82) is 0 Å². The third kappa shape index (κ3) is 4.10. The summed E-state index contributed by atoms with van der Waals surface area (Å²) in [5.74, 6) is 0.165. The van der Waals surface area contributed by atoms with Crippen LogP contribution in [0.4, 0.5) is 0 Å². The summed E-state index contributed by atoms with van der Waals surface area (Å²) in [4.78, 5) is 13.8. The van der Waals surface area contributed by atoms with Gasteiger partial charge in [-0.15, -0.1) is 0 Å². The number of nitrogens with zero attached hydrogens (tertiary/aromatic N) is 1. The first-order chi connectivity index (χ1) is 7.79. The Kier molecular flexibility index (Phi) is 6.42. The molecule has 0 aromatic rings. The van der Waals surface area contributed by atoms with Crippen LogP contribution < -0.4 is 0 Å². The van der Waals surface area contributed by atoms with Crippen LogP contribution in [0.5, 0.6) is 0 Å². The van der Waals surface area contributed by atoms with E-state index >= 15 is 0 Å². The molecule has 4 heteroatoms. The van der Waals surface area contributed by atoms with Crippen molar-refractivity contribution in [2.75, 3.05) is 26.9 Å². The first-order valence-corrected chi connectivity index (χ1v) is 6.19. The quantitative estimate of drug-likeness (QED) is 0.667. The van der Waals surface area contributed by atoms with Crippen molar-refractivity contribution in [2.24, 2.45) is 0 Å². The van der Waals surface area contributed by atoms with Crippen molar-refractivity contribution in [1.82, 2.24) is 4.90 Å². The topological polar surface area (TPSA) is 49.8 Å². The third-order valence-corrected chi connectivity index (χ3v) is 3.17. The smallest absolute Gasteiger partial charge is 0.222 e. The lowest BCUT2D eigenvalue weighted by Crippen LogP contribution is -2.40. The maximum absolute atomic E-state index is 12.0. The molecule has 0 atom stereocenters. The van der Waals surface area contributed by atoms with Gasteiger partial charge in [0.15, 0.2) is 0 Å². The van der Waals surface area contributed by atoms with E-state index in [-0.39, 0.29) is 12.5 Å². The van der Waals surface area contributed by atoms with Crippen molar-refractivity contribution >= 4 is 5.91 Å². The van der Waals surface area contributed by atoms with Crippen LogP contribution in [-0.4, -0.2) is 48.8 Å². The number of aliphatic hydroxyl groups excluding tert-OH is 1. The highest BCUT2D eigenvalue weighted by atomic mass is 16.5. The Morgan fingerprint density at radius 3 is 2.69 bits per heavy atom. The van der Waals surface area contributed by atoms with Crippen molar-refractivity contribution in [2.45, 2.75) is 44.6 Å². The van der Waals surface area contributed by atoms with Crippen LogP contribution in [0.3, 0.4) is 0 Å². The van der Waals surface area contributed by atoms with Crippen LogP contribution in [0, 0.1) is 0 Å². The molecule has 1 saturated carbocycles. The number of aliphatic hydroxyl groups is 1. The standard InChI is InChI=1S/C12H23NO3/c1-16-10-4-7-12(15)13(8-9-14)11-5-2-3-6-11/h11,14H,2-10H2,1H3. The first kappa shape index (κ1) is 13.5.